The number of nitrogens with zero attached hydrogens (tertiary/aromatic N) is 1. The fourth-order valence-corrected chi connectivity index (χ4v) is 3.31. The maximum Gasteiger partial charge on any atom is -0.00160 e. The summed E-state index contributed by atoms with van der Waals surface area (Å²) in [4.78, 5) is 2.69. The van der Waals surface area contributed by atoms with Gasteiger partial charge < -0.3 is 10.2 Å². The molecule has 2 nitrogen and oxygen atoms in total. The number of hydrogen-bond acceptors (Lipinski definition) is 2. The minimum Gasteiger partial charge on any atom is -0.316 e. The molecule has 1 N–H and O–H groups in total. The normalized spacial score (nSPS) is 28.7. The van der Waals surface area contributed by atoms with Crippen molar-refractivity contribution < 1.29 is 0 Å². The van der Waals surface area contributed by atoms with Crippen LogP contribution >= 0.6 is 0 Å². The summed E-state index contributed by atoms with van der Waals surface area (Å²) in [6.45, 7) is 8.93. The van der Waals surface area contributed by atoms with Gasteiger partial charge in [0.25, 0.3) is 0 Å². The predicted molar refractivity (Wildman–Crippen MR) is 69.7 cm³/mol. The highest BCUT2D eigenvalue weighted by Gasteiger charge is 2.27. The summed E-state index contributed by atoms with van der Waals surface area (Å²) in [6.07, 6.45) is 8.51. The molecule has 2 fully saturated rings. The van der Waals surface area contributed by atoms with E-state index in [1.807, 2.05) is 0 Å². The quantitative estimate of drug-likeness (QED) is 0.722. The third-order valence-corrected chi connectivity index (χ3v) is 4.48. The zero-order chi connectivity index (χ0) is 11.2. The van der Waals surface area contributed by atoms with Gasteiger partial charge in [0.05, 0.1) is 0 Å². The van der Waals surface area contributed by atoms with Crippen LogP contribution in [0.2, 0.25) is 0 Å². The van der Waals surface area contributed by atoms with E-state index in [1.54, 1.807) is 0 Å². The third-order valence-electron chi connectivity index (χ3n) is 4.48. The van der Waals surface area contributed by atoms with Gasteiger partial charge in [0.15, 0.2) is 0 Å². The largest absolute Gasteiger partial charge is 0.316 e. The molecular formula is C14H28N2. The van der Waals surface area contributed by atoms with Crippen molar-refractivity contribution in [2.24, 2.45) is 11.8 Å². The fraction of sp³-hybridized carbons (Fsp3) is 1.00. The van der Waals surface area contributed by atoms with E-state index in [2.05, 4.69) is 17.1 Å². The molecule has 94 valence electrons. The highest BCUT2D eigenvalue weighted by atomic mass is 15.1. The molecule has 0 aromatic rings. The molecule has 1 unspecified atom stereocenters. The van der Waals surface area contributed by atoms with E-state index < -0.39 is 0 Å². The lowest BCUT2D eigenvalue weighted by Crippen LogP contribution is -2.37. The van der Waals surface area contributed by atoms with Crippen molar-refractivity contribution in [3.63, 3.8) is 0 Å². The summed E-state index contributed by atoms with van der Waals surface area (Å²) in [6, 6.07) is 0. The van der Waals surface area contributed by atoms with Crippen molar-refractivity contribution >= 4 is 0 Å². The van der Waals surface area contributed by atoms with Crippen molar-refractivity contribution in [3.05, 3.63) is 0 Å². The molecule has 2 aliphatic heterocycles. The van der Waals surface area contributed by atoms with Gasteiger partial charge in [-0.3, -0.25) is 0 Å². The Morgan fingerprint density at radius 3 is 2.50 bits per heavy atom. The lowest BCUT2D eigenvalue weighted by molar-refractivity contribution is 0.150. The summed E-state index contributed by atoms with van der Waals surface area (Å²) in [5.41, 5.74) is 0. The highest BCUT2D eigenvalue weighted by molar-refractivity contribution is 4.82. The standard InChI is InChI=1S/C14H28N2/c1-2-3-4-9-16-10-6-13(7-11-16)14-5-8-15-12-14/h13-15H,2-12H2,1H3. The molecule has 1 atom stereocenters. The Bertz CT molecular complexity index is 179. The molecule has 0 spiro atoms. The molecule has 2 heteroatoms. The first-order valence-corrected chi connectivity index (χ1v) is 7.33. The topological polar surface area (TPSA) is 15.3 Å². The Balaban J connectivity index is 1.62. The zero-order valence-corrected chi connectivity index (χ0v) is 10.9. The average molecular weight is 224 g/mol. The van der Waals surface area contributed by atoms with E-state index in [1.165, 1.54) is 71.2 Å². The molecule has 2 saturated heterocycles. The Morgan fingerprint density at radius 1 is 1.06 bits per heavy atom. The van der Waals surface area contributed by atoms with Crippen LogP contribution in [0.25, 0.3) is 0 Å². The Morgan fingerprint density at radius 2 is 1.88 bits per heavy atom. The lowest BCUT2D eigenvalue weighted by atomic mass is 9.84. The van der Waals surface area contributed by atoms with Crippen LogP contribution in [0, 0.1) is 11.8 Å². The van der Waals surface area contributed by atoms with Crippen LogP contribution in [0.15, 0.2) is 0 Å². The van der Waals surface area contributed by atoms with Crippen LogP contribution in [0.3, 0.4) is 0 Å². The second-order valence-corrected chi connectivity index (χ2v) is 5.64. The molecule has 0 radical (unpaired) electrons. The summed E-state index contributed by atoms with van der Waals surface area (Å²) in [5.74, 6) is 2.02. The highest BCUT2D eigenvalue weighted by Crippen LogP contribution is 2.28. The van der Waals surface area contributed by atoms with Crippen LogP contribution in [0.4, 0.5) is 0 Å². The first kappa shape index (κ1) is 12.4. The molecule has 0 amide bonds. The molecule has 2 heterocycles. The third kappa shape index (κ3) is 3.46. The molecule has 2 rings (SSSR count). The second-order valence-electron chi connectivity index (χ2n) is 5.64. The minimum atomic E-state index is 0.998. The first-order chi connectivity index (χ1) is 7.90. The van der Waals surface area contributed by atoms with Gasteiger partial charge >= 0.3 is 0 Å². The maximum atomic E-state index is 3.51. The number of nitrogens with one attached hydrogen (secondary N) is 1. The zero-order valence-electron chi connectivity index (χ0n) is 10.9. The van der Waals surface area contributed by atoms with E-state index >= 15 is 0 Å². The van der Waals surface area contributed by atoms with Crippen LogP contribution in [0.5, 0.6) is 0 Å². The average Bonchev–Trinajstić information content (AvgIpc) is 2.84. The molecule has 0 bridgehead atoms. The smallest absolute Gasteiger partial charge is 0.00160 e. The van der Waals surface area contributed by atoms with Crippen LogP contribution in [0.1, 0.15) is 45.4 Å². The maximum absolute atomic E-state index is 3.51. The summed E-state index contributed by atoms with van der Waals surface area (Å²) in [7, 11) is 0. The molecule has 0 aliphatic carbocycles. The van der Waals surface area contributed by atoms with Gasteiger partial charge in [-0.15, -0.1) is 0 Å². The van der Waals surface area contributed by atoms with Crippen molar-refractivity contribution in [3.8, 4) is 0 Å². The number of unbranched alkanes of at least 4 members (excludes halogenated alkanes) is 2. The Hall–Kier alpha value is -0.0800. The van der Waals surface area contributed by atoms with Crippen molar-refractivity contribution in [1.29, 1.82) is 0 Å². The van der Waals surface area contributed by atoms with E-state index in [0.29, 0.717) is 0 Å². The number of likely N-dealkylation sites (tertiary alicyclic amines) is 1. The van der Waals surface area contributed by atoms with Crippen LogP contribution in [-0.4, -0.2) is 37.6 Å². The summed E-state index contributed by atoms with van der Waals surface area (Å²) < 4.78 is 0. The van der Waals surface area contributed by atoms with Gasteiger partial charge in [0, 0.05) is 0 Å². The second kappa shape index (κ2) is 6.61. The summed E-state index contributed by atoms with van der Waals surface area (Å²) in [5, 5.41) is 3.51. The number of rotatable bonds is 5. The number of piperidine rings is 1. The SMILES string of the molecule is CCCCCN1CCC(C2CCNC2)CC1. The van der Waals surface area contributed by atoms with Gasteiger partial charge in [-0.05, 0) is 70.2 Å². The Labute approximate surface area is 101 Å². The molecule has 16 heavy (non-hydrogen) atoms. The first-order valence-electron chi connectivity index (χ1n) is 7.33. The van der Waals surface area contributed by atoms with Gasteiger partial charge in [0.2, 0.25) is 0 Å². The molecule has 0 saturated carbocycles. The van der Waals surface area contributed by atoms with Crippen LogP contribution < -0.4 is 5.32 Å². The monoisotopic (exact) mass is 224 g/mol. The van der Waals surface area contributed by atoms with Gasteiger partial charge in [0.1, 0.15) is 0 Å². The van der Waals surface area contributed by atoms with E-state index in [9.17, 15) is 0 Å². The van der Waals surface area contributed by atoms with Gasteiger partial charge in [-0.2, -0.15) is 0 Å². The summed E-state index contributed by atoms with van der Waals surface area (Å²) >= 11 is 0. The fourth-order valence-electron chi connectivity index (χ4n) is 3.31. The van der Waals surface area contributed by atoms with Crippen LogP contribution in [-0.2, 0) is 0 Å². The van der Waals surface area contributed by atoms with E-state index in [-0.39, 0.29) is 0 Å². The molecule has 0 aromatic heterocycles. The minimum absolute atomic E-state index is 0.998. The van der Waals surface area contributed by atoms with E-state index in [0.717, 1.165) is 11.8 Å². The van der Waals surface area contributed by atoms with Crippen molar-refractivity contribution in [2.45, 2.75) is 45.4 Å². The van der Waals surface area contributed by atoms with Gasteiger partial charge in [-0.25, -0.2) is 0 Å². The molecule has 2 aliphatic rings. The predicted octanol–water partition coefficient (Wildman–Crippen LogP) is 2.50. The molecule has 0 aromatic carbocycles. The van der Waals surface area contributed by atoms with Crippen molar-refractivity contribution in [2.75, 3.05) is 32.7 Å². The van der Waals surface area contributed by atoms with E-state index in [4.69, 9.17) is 0 Å². The number of hydrogen-bond donors (Lipinski definition) is 1. The lowest BCUT2D eigenvalue weighted by Gasteiger charge is -2.34. The Kier molecular flexibility index (Phi) is 5.11. The molecular weight excluding hydrogens is 196 g/mol. The van der Waals surface area contributed by atoms with Gasteiger partial charge in [-0.1, -0.05) is 19.8 Å². The van der Waals surface area contributed by atoms with Crippen molar-refractivity contribution in [1.82, 2.24) is 10.2 Å².